The number of benzene rings is 8. The molecule has 264 valence electrons. The van der Waals surface area contributed by atoms with Gasteiger partial charge in [-0.2, -0.15) is 0 Å². The smallest absolute Gasteiger partial charge is 0.236 e. The van der Waals surface area contributed by atoms with Gasteiger partial charge in [0.25, 0.3) is 0 Å². The molecule has 0 spiro atoms. The molecule has 8 aromatic carbocycles. The second kappa shape index (κ2) is 11.6. The van der Waals surface area contributed by atoms with Crippen molar-refractivity contribution in [3.8, 4) is 39.5 Å². The lowest BCUT2D eigenvalue weighted by molar-refractivity contribution is 1.02. The fourth-order valence-corrected chi connectivity index (χ4v) is 10.5. The van der Waals surface area contributed by atoms with Crippen LogP contribution in [0.3, 0.4) is 0 Å². The van der Waals surface area contributed by atoms with Crippen molar-refractivity contribution in [2.24, 2.45) is 0 Å². The van der Waals surface area contributed by atoms with Gasteiger partial charge in [0.2, 0.25) is 5.95 Å². The summed E-state index contributed by atoms with van der Waals surface area (Å²) in [5, 5.41) is 9.68. The van der Waals surface area contributed by atoms with Gasteiger partial charge in [0.1, 0.15) is 4.83 Å². The predicted octanol–water partition coefficient (Wildman–Crippen LogP) is 14.1. The van der Waals surface area contributed by atoms with Crippen LogP contribution >= 0.6 is 11.3 Å². The van der Waals surface area contributed by atoms with Gasteiger partial charge in [0, 0.05) is 53.4 Å². The third kappa shape index (κ3) is 4.32. The zero-order chi connectivity index (χ0) is 37.2. The zero-order valence-electron chi connectivity index (χ0n) is 30.5. The second-order valence-corrected chi connectivity index (χ2v) is 16.0. The van der Waals surface area contributed by atoms with Crippen LogP contribution < -0.4 is 0 Å². The van der Waals surface area contributed by atoms with Crippen LogP contribution in [0.2, 0.25) is 0 Å². The SMILES string of the molecule is c1ccc(-c2ccc(-c3nc(-n4c5ccccc5c5c6c7ccccc7n7c8cc(-c9ccccc9)ccc8c(cc54)c67)nc4sc5ccccc5c34)cc2)cc1. The fourth-order valence-electron chi connectivity index (χ4n) is 9.41. The van der Waals surface area contributed by atoms with Crippen molar-refractivity contribution in [2.45, 2.75) is 0 Å². The zero-order valence-corrected chi connectivity index (χ0v) is 31.3. The molecule has 0 radical (unpaired) electrons. The minimum Gasteiger partial charge on any atom is -0.308 e. The van der Waals surface area contributed by atoms with E-state index in [0.717, 1.165) is 32.5 Å². The monoisotopic (exact) mass is 742 g/mol. The molecule has 5 heterocycles. The van der Waals surface area contributed by atoms with Gasteiger partial charge < -0.3 is 4.40 Å². The molecule has 0 saturated heterocycles. The Hall–Kier alpha value is -7.34. The first kappa shape index (κ1) is 30.9. The first-order chi connectivity index (χ1) is 28.3. The van der Waals surface area contributed by atoms with Gasteiger partial charge in [0.05, 0.1) is 33.3 Å². The minimum absolute atomic E-state index is 0.676. The first-order valence-electron chi connectivity index (χ1n) is 19.3. The molecule has 0 unspecified atom stereocenters. The van der Waals surface area contributed by atoms with Gasteiger partial charge in [0.15, 0.2) is 0 Å². The summed E-state index contributed by atoms with van der Waals surface area (Å²) in [6.45, 7) is 0. The summed E-state index contributed by atoms with van der Waals surface area (Å²) in [5.41, 5.74) is 12.7. The molecule has 5 aromatic heterocycles. The number of hydrogen-bond donors (Lipinski definition) is 0. The molecule has 0 aliphatic rings. The Kier molecular flexibility index (Phi) is 6.29. The number of hydrogen-bond acceptors (Lipinski definition) is 3. The molecule has 0 aliphatic heterocycles. The normalized spacial score (nSPS) is 12.2. The summed E-state index contributed by atoms with van der Waals surface area (Å²) < 4.78 is 6.01. The number of thiophene rings is 1. The fraction of sp³-hybridized carbons (Fsp3) is 0. The van der Waals surface area contributed by atoms with Crippen molar-refractivity contribution >= 4 is 91.5 Å². The number of nitrogens with zero attached hydrogens (tertiary/aromatic N) is 4. The van der Waals surface area contributed by atoms with E-state index < -0.39 is 0 Å². The summed E-state index contributed by atoms with van der Waals surface area (Å²) in [7, 11) is 0. The van der Waals surface area contributed by atoms with Gasteiger partial charge in [-0.05, 0) is 52.6 Å². The number of para-hydroxylation sites is 2. The van der Waals surface area contributed by atoms with Crippen LogP contribution in [0, 0.1) is 0 Å². The summed E-state index contributed by atoms with van der Waals surface area (Å²) in [6, 6.07) is 65.7. The van der Waals surface area contributed by atoms with E-state index >= 15 is 0 Å². The Morgan fingerprint density at radius 2 is 0.965 bits per heavy atom. The lowest BCUT2D eigenvalue weighted by Gasteiger charge is -2.11. The van der Waals surface area contributed by atoms with Gasteiger partial charge >= 0.3 is 0 Å². The number of rotatable bonds is 4. The highest BCUT2D eigenvalue weighted by molar-refractivity contribution is 7.25. The summed E-state index contributed by atoms with van der Waals surface area (Å²) >= 11 is 1.74. The van der Waals surface area contributed by atoms with Crippen LogP contribution in [0.15, 0.2) is 182 Å². The maximum atomic E-state index is 5.58. The Balaban J connectivity index is 1.14. The third-order valence-corrected chi connectivity index (χ3v) is 13.0. The van der Waals surface area contributed by atoms with Crippen molar-refractivity contribution < 1.29 is 0 Å². The van der Waals surface area contributed by atoms with E-state index in [1.807, 2.05) is 0 Å². The maximum absolute atomic E-state index is 5.58. The van der Waals surface area contributed by atoms with Crippen LogP contribution in [-0.2, 0) is 0 Å². The Morgan fingerprint density at radius 3 is 1.74 bits per heavy atom. The maximum Gasteiger partial charge on any atom is 0.236 e. The molecule has 4 nitrogen and oxygen atoms in total. The van der Waals surface area contributed by atoms with E-state index in [9.17, 15) is 0 Å². The minimum atomic E-state index is 0.676. The van der Waals surface area contributed by atoms with Crippen molar-refractivity contribution in [2.75, 3.05) is 0 Å². The summed E-state index contributed by atoms with van der Waals surface area (Å²) in [5.74, 6) is 0.676. The highest BCUT2D eigenvalue weighted by Crippen LogP contribution is 2.47. The first-order valence-corrected chi connectivity index (χ1v) is 20.2. The topological polar surface area (TPSA) is 35.1 Å². The van der Waals surface area contributed by atoms with Crippen LogP contribution in [0.1, 0.15) is 0 Å². The average Bonchev–Trinajstić information content (AvgIpc) is 4.02. The second-order valence-electron chi connectivity index (χ2n) is 14.9. The van der Waals surface area contributed by atoms with E-state index in [-0.39, 0.29) is 0 Å². The predicted molar refractivity (Wildman–Crippen MR) is 240 cm³/mol. The lowest BCUT2D eigenvalue weighted by atomic mass is 10.0. The van der Waals surface area contributed by atoms with E-state index in [1.165, 1.54) is 81.2 Å². The highest BCUT2D eigenvalue weighted by Gasteiger charge is 2.26. The molecular formula is C52H30N4S. The van der Waals surface area contributed by atoms with Gasteiger partial charge in [-0.1, -0.05) is 152 Å². The van der Waals surface area contributed by atoms with E-state index in [1.54, 1.807) is 11.3 Å². The van der Waals surface area contributed by atoms with Crippen molar-refractivity contribution in [3.05, 3.63) is 182 Å². The molecule has 0 aliphatic carbocycles. The Labute approximate surface area is 330 Å². The Morgan fingerprint density at radius 1 is 0.368 bits per heavy atom. The molecule has 0 atom stereocenters. The largest absolute Gasteiger partial charge is 0.308 e. The van der Waals surface area contributed by atoms with Gasteiger partial charge in [-0.15, -0.1) is 11.3 Å². The lowest BCUT2D eigenvalue weighted by Crippen LogP contribution is -2.02. The van der Waals surface area contributed by atoms with E-state index in [0.29, 0.717) is 5.95 Å². The Bertz CT molecular complexity index is 3730. The van der Waals surface area contributed by atoms with Crippen molar-refractivity contribution in [1.82, 2.24) is 18.9 Å². The molecule has 13 rings (SSSR count). The molecule has 0 amide bonds. The number of fused-ring (bicyclic) bond motifs is 13. The summed E-state index contributed by atoms with van der Waals surface area (Å²) in [6.07, 6.45) is 0. The molecule has 0 saturated carbocycles. The van der Waals surface area contributed by atoms with E-state index in [4.69, 9.17) is 9.97 Å². The molecule has 0 fully saturated rings. The highest BCUT2D eigenvalue weighted by atomic mass is 32.1. The molecule has 13 aromatic rings. The third-order valence-electron chi connectivity index (χ3n) is 11.9. The quantitative estimate of drug-likeness (QED) is 0.180. The van der Waals surface area contributed by atoms with Gasteiger partial charge in [-0.25, -0.2) is 9.97 Å². The average molecular weight is 743 g/mol. The van der Waals surface area contributed by atoms with Crippen molar-refractivity contribution in [3.63, 3.8) is 0 Å². The van der Waals surface area contributed by atoms with Gasteiger partial charge in [-0.3, -0.25) is 4.57 Å². The van der Waals surface area contributed by atoms with E-state index in [2.05, 4.69) is 191 Å². The number of aromatic nitrogens is 4. The molecule has 0 bridgehead atoms. The molecule has 5 heteroatoms. The summed E-state index contributed by atoms with van der Waals surface area (Å²) in [4.78, 5) is 12.0. The van der Waals surface area contributed by atoms with Crippen LogP contribution in [-0.4, -0.2) is 18.9 Å². The molecule has 0 N–H and O–H groups in total. The van der Waals surface area contributed by atoms with Crippen LogP contribution in [0.25, 0.3) is 120 Å². The van der Waals surface area contributed by atoms with Crippen LogP contribution in [0.4, 0.5) is 0 Å². The molecular weight excluding hydrogens is 713 g/mol. The molecule has 57 heavy (non-hydrogen) atoms. The van der Waals surface area contributed by atoms with Crippen molar-refractivity contribution in [1.29, 1.82) is 0 Å². The standard InChI is InChI=1S/C52H30N4S/c1-3-13-31(14-4-1)33-23-25-34(26-24-33)49-48-39-19-9-12-22-45(39)57-51(48)54-52(53-49)56-42-21-11-7-17-37(42)46-44(56)30-40-36-28-27-35(32-15-5-2-6-16-32)29-43(36)55-41-20-10-8-18-38(41)47(46)50(40)55/h1-30H. The van der Waals surface area contributed by atoms with Crippen LogP contribution in [0.5, 0.6) is 0 Å².